The molecule has 1 aromatic heterocycles. The van der Waals surface area contributed by atoms with Crippen molar-refractivity contribution in [2.24, 2.45) is 0 Å². The van der Waals surface area contributed by atoms with Gasteiger partial charge in [0, 0.05) is 31.7 Å². The fourth-order valence-electron chi connectivity index (χ4n) is 3.51. The van der Waals surface area contributed by atoms with Gasteiger partial charge in [0.05, 0.1) is 11.0 Å². The van der Waals surface area contributed by atoms with Crippen LogP contribution in [0.3, 0.4) is 0 Å². The Bertz CT molecular complexity index is 1040. The Kier molecular flexibility index (Phi) is 4.39. The van der Waals surface area contributed by atoms with Crippen molar-refractivity contribution < 1.29 is 9.59 Å². The number of likely N-dealkylation sites (N-methyl/N-ethyl adjacent to an activating group) is 1. The van der Waals surface area contributed by atoms with Crippen LogP contribution >= 0.6 is 0 Å². The summed E-state index contributed by atoms with van der Waals surface area (Å²) in [5, 5.41) is 2.96. The summed E-state index contributed by atoms with van der Waals surface area (Å²) in [4.78, 5) is 31.3. The summed E-state index contributed by atoms with van der Waals surface area (Å²) >= 11 is 0. The number of amides is 2. The molecular weight excluding hydrogens is 340 g/mol. The molecule has 138 valence electrons. The third-order valence-corrected chi connectivity index (χ3v) is 5.16. The topological polar surface area (TPSA) is 67.2 Å². The second-order valence-corrected chi connectivity index (χ2v) is 6.78. The fraction of sp³-hybridized carbons (Fsp3) is 0.286. The van der Waals surface area contributed by atoms with Crippen LogP contribution in [-0.4, -0.2) is 39.4 Å². The third-order valence-electron chi connectivity index (χ3n) is 5.16. The molecule has 0 atom stereocenters. The summed E-state index contributed by atoms with van der Waals surface area (Å²) in [7, 11) is 0. The zero-order valence-corrected chi connectivity index (χ0v) is 15.5. The highest BCUT2D eigenvalue weighted by Crippen LogP contribution is 2.22. The number of carbonyl (C=O) groups excluding carboxylic acids is 2. The summed E-state index contributed by atoms with van der Waals surface area (Å²) in [6.45, 7) is 6.56. The molecule has 27 heavy (non-hydrogen) atoms. The van der Waals surface area contributed by atoms with Crippen LogP contribution in [0.2, 0.25) is 0 Å². The van der Waals surface area contributed by atoms with Crippen molar-refractivity contribution in [1.82, 2.24) is 19.8 Å². The van der Waals surface area contributed by atoms with Gasteiger partial charge in [0.1, 0.15) is 0 Å². The minimum Gasteiger partial charge on any atom is -0.348 e. The molecule has 2 heterocycles. The first-order valence-corrected chi connectivity index (χ1v) is 9.20. The maximum atomic E-state index is 12.6. The van der Waals surface area contributed by atoms with Crippen LogP contribution in [-0.2, 0) is 13.1 Å². The first-order valence-electron chi connectivity index (χ1n) is 9.20. The minimum absolute atomic E-state index is 0.0505. The molecule has 2 aromatic carbocycles. The van der Waals surface area contributed by atoms with Crippen molar-refractivity contribution in [2.45, 2.75) is 26.9 Å². The van der Waals surface area contributed by atoms with Gasteiger partial charge in [0.25, 0.3) is 11.8 Å². The predicted molar refractivity (Wildman–Crippen MR) is 104 cm³/mol. The van der Waals surface area contributed by atoms with Crippen molar-refractivity contribution in [3.05, 3.63) is 65.0 Å². The number of hydrogen-bond donors (Lipinski definition) is 1. The number of hydrogen-bond acceptors (Lipinski definition) is 3. The maximum absolute atomic E-state index is 12.6. The van der Waals surface area contributed by atoms with Gasteiger partial charge in [0.2, 0.25) is 0 Å². The van der Waals surface area contributed by atoms with Gasteiger partial charge in [-0.25, -0.2) is 4.98 Å². The van der Waals surface area contributed by atoms with Crippen LogP contribution in [0.4, 0.5) is 0 Å². The van der Waals surface area contributed by atoms with Gasteiger partial charge >= 0.3 is 0 Å². The van der Waals surface area contributed by atoms with Crippen molar-refractivity contribution in [3.8, 4) is 0 Å². The Labute approximate surface area is 157 Å². The molecule has 0 spiro atoms. The Hall–Kier alpha value is -3.15. The number of aryl methyl sites for hydroxylation is 1. The maximum Gasteiger partial charge on any atom is 0.289 e. The molecule has 0 aliphatic carbocycles. The number of nitrogens with one attached hydrogen (secondary N) is 1. The molecule has 1 aliphatic rings. The molecule has 6 nitrogen and oxygen atoms in total. The lowest BCUT2D eigenvalue weighted by Crippen LogP contribution is -2.40. The van der Waals surface area contributed by atoms with Crippen molar-refractivity contribution in [3.63, 3.8) is 0 Å². The van der Waals surface area contributed by atoms with Crippen LogP contribution < -0.4 is 5.32 Å². The molecule has 0 fully saturated rings. The van der Waals surface area contributed by atoms with Crippen LogP contribution in [0.1, 0.15) is 39.0 Å². The van der Waals surface area contributed by atoms with Gasteiger partial charge in [-0.05, 0) is 43.2 Å². The van der Waals surface area contributed by atoms with Gasteiger partial charge in [-0.3, -0.25) is 9.59 Å². The second kappa shape index (κ2) is 6.87. The number of imidazole rings is 1. The van der Waals surface area contributed by atoms with E-state index in [1.54, 1.807) is 17.0 Å². The standard InChI is InChI=1S/C21H22N4O2/c1-3-24-10-11-25-18-9-8-15(12-17(18)23-19(25)21(24)27)20(26)22-13-16-7-5-4-6-14(16)2/h4-9,12H,3,10-11,13H2,1-2H3,(H,22,26). The average Bonchev–Trinajstić information content (AvgIpc) is 3.06. The predicted octanol–water partition coefficient (Wildman–Crippen LogP) is 2.75. The fourth-order valence-corrected chi connectivity index (χ4v) is 3.51. The van der Waals surface area contributed by atoms with Crippen molar-refractivity contribution in [1.29, 1.82) is 0 Å². The highest BCUT2D eigenvalue weighted by Gasteiger charge is 2.27. The zero-order valence-electron chi connectivity index (χ0n) is 15.5. The van der Waals surface area contributed by atoms with Gasteiger partial charge < -0.3 is 14.8 Å². The molecular formula is C21H22N4O2. The molecule has 6 heteroatoms. The first kappa shape index (κ1) is 17.3. The molecule has 0 saturated heterocycles. The van der Waals surface area contributed by atoms with Gasteiger partial charge in [0.15, 0.2) is 5.82 Å². The largest absolute Gasteiger partial charge is 0.348 e. The van der Waals surface area contributed by atoms with Crippen LogP contribution in [0.5, 0.6) is 0 Å². The van der Waals surface area contributed by atoms with E-state index in [0.29, 0.717) is 36.5 Å². The first-order chi connectivity index (χ1) is 13.1. The van der Waals surface area contributed by atoms with Crippen molar-refractivity contribution in [2.75, 3.05) is 13.1 Å². The second-order valence-electron chi connectivity index (χ2n) is 6.78. The van der Waals surface area contributed by atoms with E-state index in [1.807, 2.05) is 48.7 Å². The van der Waals surface area contributed by atoms with E-state index in [0.717, 1.165) is 23.2 Å². The Morgan fingerprint density at radius 3 is 2.78 bits per heavy atom. The van der Waals surface area contributed by atoms with Gasteiger partial charge in [-0.1, -0.05) is 24.3 Å². The SMILES string of the molecule is CCN1CCn2c(nc3cc(C(=O)NCc4ccccc4C)ccc32)C1=O. The van der Waals surface area contributed by atoms with E-state index in [1.165, 1.54) is 0 Å². The highest BCUT2D eigenvalue weighted by atomic mass is 16.2. The summed E-state index contributed by atoms with van der Waals surface area (Å²) in [6, 6.07) is 13.4. The third kappa shape index (κ3) is 3.07. The smallest absolute Gasteiger partial charge is 0.289 e. The highest BCUT2D eigenvalue weighted by molar-refractivity contribution is 6.00. The molecule has 0 bridgehead atoms. The number of aromatic nitrogens is 2. The number of rotatable bonds is 4. The normalized spacial score (nSPS) is 13.7. The van der Waals surface area contributed by atoms with E-state index < -0.39 is 0 Å². The van der Waals surface area contributed by atoms with E-state index >= 15 is 0 Å². The van der Waals surface area contributed by atoms with Crippen LogP contribution in [0, 0.1) is 6.92 Å². The number of carbonyl (C=O) groups is 2. The zero-order chi connectivity index (χ0) is 19.0. The molecule has 4 rings (SSSR count). The summed E-state index contributed by atoms with van der Waals surface area (Å²) in [5.41, 5.74) is 4.36. The van der Waals surface area contributed by atoms with Crippen molar-refractivity contribution >= 4 is 22.8 Å². The summed E-state index contributed by atoms with van der Waals surface area (Å²) in [6.07, 6.45) is 0. The van der Waals surface area contributed by atoms with E-state index in [2.05, 4.69) is 10.3 Å². The molecule has 1 N–H and O–H groups in total. The molecule has 2 amide bonds. The number of benzene rings is 2. The Morgan fingerprint density at radius 2 is 2.00 bits per heavy atom. The van der Waals surface area contributed by atoms with Crippen LogP contribution in [0.25, 0.3) is 11.0 Å². The summed E-state index contributed by atoms with van der Waals surface area (Å²) in [5.74, 6) is 0.258. The summed E-state index contributed by atoms with van der Waals surface area (Å²) < 4.78 is 1.94. The Morgan fingerprint density at radius 1 is 1.19 bits per heavy atom. The number of nitrogens with zero attached hydrogens (tertiary/aromatic N) is 3. The molecule has 3 aromatic rings. The molecule has 1 aliphatic heterocycles. The molecule has 0 radical (unpaired) electrons. The van der Waals surface area contributed by atoms with Crippen LogP contribution in [0.15, 0.2) is 42.5 Å². The lowest BCUT2D eigenvalue weighted by Gasteiger charge is -2.26. The minimum atomic E-state index is -0.146. The lowest BCUT2D eigenvalue weighted by molar-refractivity contribution is 0.0709. The van der Waals surface area contributed by atoms with Gasteiger partial charge in [-0.15, -0.1) is 0 Å². The number of fused-ring (bicyclic) bond motifs is 3. The van der Waals surface area contributed by atoms with E-state index in [4.69, 9.17) is 0 Å². The van der Waals surface area contributed by atoms with Gasteiger partial charge in [-0.2, -0.15) is 0 Å². The molecule has 0 saturated carbocycles. The lowest BCUT2D eigenvalue weighted by atomic mass is 10.1. The van der Waals surface area contributed by atoms with E-state index in [9.17, 15) is 9.59 Å². The average molecular weight is 362 g/mol. The Balaban J connectivity index is 1.58. The molecule has 0 unspecified atom stereocenters. The monoisotopic (exact) mass is 362 g/mol. The quantitative estimate of drug-likeness (QED) is 0.776. The van der Waals surface area contributed by atoms with E-state index in [-0.39, 0.29) is 11.8 Å².